The second-order valence-corrected chi connectivity index (χ2v) is 4.22. The summed E-state index contributed by atoms with van der Waals surface area (Å²) in [5, 5.41) is 12.9. The van der Waals surface area contributed by atoms with E-state index in [1.165, 1.54) is 6.42 Å². The smallest absolute Gasteiger partial charge is 0.118 e. The molecule has 1 atom stereocenters. The Morgan fingerprint density at radius 3 is 3.00 bits per heavy atom. The fourth-order valence-electron chi connectivity index (χ4n) is 2.02. The summed E-state index contributed by atoms with van der Waals surface area (Å²) >= 11 is 0. The molecule has 1 aliphatic heterocycles. The third kappa shape index (κ3) is 3.22. The van der Waals surface area contributed by atoms with Crippen molar-refractivity contribution in [2.24, 2.45) is 0 Å². The molecule has 2 rings (SSSR count). The Morgan fingerprint density at radius 2 is 2.25 bits per heavy atom. The van der Waals surface area contributed by atoms with Crippen LogP contribution in [0, 0.1) is 0 Å². The van der Waals surface area contributed by atoms with Crippen molar-refractivity contribution in [3.05, 3.63) is 29.8 Å². The molecule has 1 aromatic carbocycles. The zero-order chi connectivity index (χ0) is 11.2. The number of nitrogens with one attached hydrogen (secondary N) is 1. The lowest BCUT2D eigenvalue weighted by Crippen LogP contribution is -2.35. The van der Waals surface area contributed by atoms with Gasteiger partial charge in [-0.2, -0.15) is 0 Å². The third-order valence-corrected chi connectivity index (χ3v) is 2.97. The predicted molar refractivity (Wildman–Crippen MR) is 63.7 cm³/mol. The van der Waals surface area contributed by atoms with Crippen LogP contribution in [0.3, 0.4) is 0 Å². The number of aromatic hydroxyl groups is 1. The quantitative estimate of drug-likeness (QED) is 0.813. The Kier molecular flexibility index (Phi) is 4.19. The van der Waals surface area contributed by atoms with Gasteiger partial charge in [0.2, 0.25) is 0 Å². The topological polar surface area (TPSA) is 41.5 Å². The van der Waals surface area contributed by atoms with E-state index < -0.39 is 0 Å². The summed E-state index contributed by atoms with van der Waals surface area (Å²) in [7, 11) is 0. The number of ether oxygens (including phenoxy) is 1. The van der Waals surface area contributed by atoms with E-state index in [1.807, 2.05) is 18.2 Å². The minimum Gasteiger partial charge on any atom is -0.508 e. The van der Waals surface area contributed by atoms with E-state index >= 15 is 0 Å². The molecule has 1 unspecified atom stereocenters. The first kappa shape index (κ1) is 11.4. The van der Waals surface area contributed by atoms with E-state index in [-0.39, 0.29) is 0 Å². The largest absolute Gasteiger partial charge is 0.508 e. The number of piperidine rings is 1. The molecule has 3 heteroatoms. The SMILES string of the molecule is Oc1ccccc1CCOC1CCCNC1. The first-order chi connectivity index (χ1) is 7.86. The van der Waals surface area contributed by atoms with Crippen LogP contribution < -0.4 is 5.32 Å². The van der Waals surface area contributed by atoms with Crippen molar-refractivity contribution in [3.63, 3.8) is 0 Å². The van der Waals surface area contributed by atoms with Crippen molar-refractivity contribution in [2.75, 3.05) is 19.7 Å². The van der Waals surface area contributed by atoms with Gasteiger partial charge < -0.3 is 15.2 Å². The molecular formula is C13H19NO2. The second-order valence-electron chi connectivity index (χ2n) is 4.22. The van der Waals surface area contributed by atoms with Crippen molar-refractivity contribution in [1.82, 2.24) is 5.32 Å². The highest BCUT2D eigenvalue weighted by Crippen LogP contribution is 2.16. The van der Waals surface area contributed by atoms with Gasteiger partial charge in [-0.15, -0.1) is 0 Å². The van der Waals surface area contributed by atoms with Gasteiger partial charge in [-0.1, -0.05) is 18.2 Å². The molecule has 1 aliphatic rings. The lowest BCUT2D eigenvalue weighted by atomic mass is 10.1. The molecule has 0 radical (unpaired) electrons. The monoisotopic (exact) mass is 221 g/mol. The minimum absolute atomic E-state index is 0.347. The van der Waals surface area contributed by atoms with E-state index in [2.05, 4.69) is 5.32 Å². The highest BCUT2D eigenvalue weighted by Gasteiger charge is 2.12. The molecule has 0 bridgehead atoms. The standard InChI is InChI=1S/C13H19NO2/c15-13-6-2-1-4-11(13)7-9-16-12-5-3-8-14-10-12/h1-2,4,6,12,14-15H,3,5,7-10H2. The van der Waals surface area contributed by atoms with Gasteiger partial charge in [0.15, 0.2) is 0 Å². The van der Waals surface area contributed by atoms with Crippen LogP contribution in [0.5, 0.6) is 5.75 Å². The Bertz CT molecular complexity index is 321. The lowest BCUT2D eigenvalue weighted by molar-refractivity contribution is 0.0388. The molecule has 2 N–H and O–H groups in total. The number of hydrogen-bond donors (Lipinski definition) is 2. The normalized spacial score (nSPS) is 20.9. The molecule has 0 aliphatic carbocycles. The maximum absolute atomic E-state index is 9.58. The van der Waals surface area contributed by atoms with Crippen LogP contribution in [0.2, 0.25) is 0 Å². The maximum atomic E-state index is 9.58. The molecule has 0 spiro atoms. The average Bonchev–Trinajstić information content (AvgIpc) is 2.33. The maximum Gasteiger partial charge on any atom is 0.118 e. The van der Waals surface area contributed by atoms with Gasteiger partial charge in [0, 0.05) is 6.54 Å². The number of para-hydroxylation sites is 1. The Morgan fingerprint density at radius 1 is 1.38 bits per heavy atom. The molecule has 1 fully saturated rings. The van der Waals surface area contributed by atoms with Crippen LogP contribution in [-0.2, 0) is 11.2 Å². The van der Waals surface area contributed by atoms with Crippen LogP contribution in [0.1, 0.15) is 18.4 Å². The number of rotatable bonds is 4. The van der Waals surface area contributed by atoms with Gasteiger partial charge >= 0.3 is 0 Å². The summed E-state index contributed by atoms with van der Waals surface area (Å²) in [6.45, 7) is 2.75. The van der Waals surface area contributed by atoms with Gasteiger partial charge in [0.05, 0.1) is 12.7 Å². The van der Waals surface area contributed by atoms with Crippen molar-refractivity contribution < 1.29 is 9.84 Å². The Hall–Kier alpha value is -1.06. The minimum atomic E-state index is 0.347. The first-order valence-electron chi connectivity index (χ1n) is 5.95. The summed E-state index contributed by atoms with van der Waals surface area (Å²) in [4.78, 5) is 0. The summed E-state index contributed by atoms with van der Waals surface area (Å²) in [5.74, 6) is 0.368. The van der Waals surface area contributed by atoms with Crippen molar-refractivity contribution in [2.45, 2.75) is 25.4 Å². The molecular weight excluding hydrogens is 202 g/mol. The summed E-state index contributed by atoms with van der Waals surface area (Å²) in [5.41, 5.74) is 0.964. The van der Waals surface area contributed by atoms with E-state index in [0.29, 0.717) is 18.5 Å². The van der Waals surface area contributed by atoms with E-state index in [1.54, 1.807) is 6.07 Å². The molecule has 0 saturated carbocycles. The van der Waals surface area contributed by atoms with Gasteiger partial charge in [-0.3, -0.25) is 0 Å². The molecule has 0 amide bonds. The van der Waals surface area contributed by atoms with Crippen LogP contribution in [-0.4, -0.2) is 30.9 Å². The number of benzene rings is 1. The molecule has 3 nitrogen and oxygen atoms in total. The fourth-order valence-corrected chi connectivity index (χ4v) is 2.02. The summed E-state index contributed by atoms with van der Waals surface area (Å²) < 4.78 is 5.77. The van der Waals surface area contributed by atoms with Gasteiger partial charge in [0.1, 0.15) is 5.75 Å². The van der Waals surface area contributed by atoms with Crippen molar-refractivity contribution in [3.8, 4) is 5.75 Å². The molecule has 16 heavy (non-hydrogen) atoms. The fraction of sp³-hybridized carbons (Fsp3) is 0.538. The number of phenols is 1. The first-order valence-corrected chi connectivity index (χ1v) is 5.95. The van der Waals surface area contributed by atoms with Crippen molar-refractivity contribution in [1.29, 1.82) is 0 Å². The van der Waals surface area contributed by atoms with Gasteiger partial charge in [-0.05, 0) is 37.4 Å². The van der Waals surface area contributed by atoms with E-state index in [0.717, 1.165) is 31.5 Å². The summed E-state index contributed by atoms with van der Waals surface area (Å²) in [6.07, 6.45) is 3.47. The predicted octanol–water partition coefficient (Wildman–Crippen LogP) is 1.70. The van der Waals surface area contributed by atoms with Crippen LogP contribution in [0.4, 0.5) is 0 Å². The van der Waals surface area contributed by atoms with E-state index in [4.69, 9.17) is 4.74 Å². The van der Waals surface area contributed by atoms with Crippen LogP contribution >= 0.6 is 0 Å². The Balaban J connectivity index is 1.73. The van der Waals surface area contributed by atoms with Gasteiger partial charge in [0.25, 0.3) is 0 Å². The lowest BCUT2D eigenvalue weighted by Gasteiger charge is -2.23. The second kappa shape index (κ2) is 5.87. The molecule has 1 aromatic rings. The zero-order valence-corrected chi connectivity index (χ0v) is 9.48. The highest BCUT2D eigenvalue weighted by molar-refractivity contribution is 5.31. The van der Waals surface area contributed by atoms with Crippen molar-refractivity contribution >= 4 is 0 Å². The van der Waals surface area contributed by atoms with Crippen LogP contribution in [0.25, 0.3) is 0 Å². The van der Waals surface area contributed by atoms with Gasteiger partial charge in [-0.25, -0.2) is 0 Å². The number of phenolic OH excluding ortho intramolecular Hbond substituents is 1. The highest BCUT2D eigenvalue weighted by atomic mass is 16.5. The van der Waals surface area contributed by atoms with E-state index in [9.17, 15) is 5.11 Å². The Labute approximate surface area is 96.4 Å². The molecule has 0 aromatic heterocycles. The molecule has 1 heterocycles. The summed E-state index contributed by atoms with van der Waals surface area (Å²) in [6, 6.07) is 7.44. The average molecular weight is 221 g/mol. The molecule has 1 saturated heterocycles. The number of hydrogen-bond acceptors (Lipinski definition) is 3. The third-order valence-electron chi connectivity index (χ3n) is 2.97. The molecule has 88 valence electrons. The zero-order valence-electron chi connectivity index (χ0n) is 9.48. The van der Waals surface area contributed by atoms with Crippen LogP contribution in [0.15, 0.2) is 24.3 Å².